The van der Waals surface area contributed by atoms with Crippen molar-refractivity contribution in [2.45, 2.75) is 44.6 Å². The van der Waals surface area contributed by atoms with Crippen LogP contribution in [-0.4, -0.2) is 63.6 Å². The molecule has 0 aliphatic heterocycles. The van der Waals surface area contributed by atoms with Crippen LogP contribution in [0, 0.1) is 0 Å². The van der Waals surface area contributed by atoms with Crippen LogP contribution < -0.4 is 10.5 Å². The highest BCUT2D eigenvalue weighted by molar-refractivity contribution is 7.91. The highest BCUT2D eigenvalue weighted by Crippen LogP contribution is 2.32. The predicted molar refractivity (Wildman–Crippen MR) is 170 cm³/mol. The Hall–Kier alpha value is -5.33. The number of anilines is 1. The summed E-state index contributed by atoms with van der Waals surface area (Å²) in [6.45, 7) is 7.85. The van der Waals surface area contributed by atoms with E-state index in [-0.39, 0.29) is 34.4 Å². The van der Waals surface area contributed by atoms with E-state index in [9.17, 15) is 27.9 Å². The lowest BCUT2D eigenvalue weighted by Gasteiger charge is -2.19. The number of nitrogens with zero attached hydrogens (tertiary/aromatic N) is 6. The zero-order chi connectivity index (χ0) is 34.5. The zero-order valence-electron chi connectivity index (χ0n) is 25.8. The van der Waals surface area contributed by atoms with Gasteiger partial charge in [-0.1, -0.05) is 47.7 Å². The molecule has 246 valence electrons. The van der Waals surface area contributed by atoms with Gasteiger partial charge >= 0.3 is 11.9 Å². The number of esters is 2. The molecule has 0 aliphatic rings. The number of hydrogen-bond acceptors (Lipinski definition) is 14. The Morgan fingerprint density at radius 3 is 2.38 bits per heavy atom. The van der Waals surface area contributed by atoms with Crippen LogP contribution in [0.15, 0.2) is 80.6 Å². The van der Waals surface area contributed by atoms with Crippen molar-refractivity contribution in [1.29, 1.82) is 0 Å². The molecule has 0 spiro atoms. The number of aliphatic hydroxyl groups excluding tert-OH is 1. The minimum absolute atomic E-state index is 0.0128. The fraction of sp³-hybridized carbons (Fsp3) is 0.241. The molecule has 0 radical (unpaired) electrons. The van der Waals surface area contributed by atoms with E-state index in [1.807, 2.05) is 0 Å². The third kappa shape index (κ3) is 8.48. The SMILES string of the molecule is CCOC(=O)c1c(C(=O)Nc2nnc(S(N)(=O)=O)s2)nn(-c2cccc(N=NC(C(=O)OC(C)(C)C)=C(C)O)c2)c1-c1ccccc1. The highest BCUT2D eigenvalue weighted by atomic mass is 32.2. The Kier molecular flexibility index (Phi) is 10.3. The molecule has 18 heteroatoms. The molecule has 4 aromatic rings. The van der Waals surface area contributed by atoms with Crippen molar-refractivity contribution >= 4 is 50.0 Å². The number of nitrogens with one attached hydrogen (secondary N) is 1. The molecule has 47 heavy (non-hydrogen) atoms. The van der Waals surface area contributed by atoms with E-state index in [0.717, 1.165) is 0 Å². The number of aromatic nitrogens is 4. The molecule has 2 aromatic carbocycles. The number of azo groups is 1. The zero-order valence-corrected chi connectivity index (χ0v) is 27.4. The molecule has 16 nitrogen and oxygen atoms in total. The van der Waals surface area contributed by atoms with Crippen LogP contribution in [0.5, 0.6) is 0 Å². The average molecular weight is 683 g/mol. The lowest BCUT2D eigenvalue weighted by atomic mass is 10.0. The van der Waals surface area contributed by atoms with E-state index in [4.69, 9.17) is 14.6 Å². The predicted octanol–water partition coefficient (Wildman–Crippen LogP) is 4.68. The summed E-state index contributed by atoms with van der Waals surface area (Å²) >= 11 is 0.512. The number of allylic oxidation sites excluding steroid dienone is 1. The third-order valence-corrected chi connectivity index (χ3v) is 7.92. The molecular formula is C29H30N8O8S2. The number of aliphatic hydroxyl groups is 1. The maximum Gasteiger partial charge on any atom is 0.362 e. The highest BCUT2D eigenvalue weighted by Gasteiger charge is 2.31. The molecule has 0 saturated carbocycles. The van der Waals surface area contributed by atoms with Gasteiger partial charge in [-0.2, -0.15) is 10.2 Å². The molecule has 2 aromatic heterocycles. The number of carbonyl (C=O) groups is 3. The topological polar surface area (TPSA) is 230 Å². The molecule has 4 rings (SSSR count). The van der Waals surface area contributed by atoms with Gasteiger partial charge in [-0.05, 0) is 52.8 Å². The number of ether oxygens (including phenoxy) is 2. The van der Waals surface area contributed by atoms with Gasteiger partial charge in [0, 0.05) is 5.56 Å². The van der Waals surface area contributed by atoms with E-state index in [1.54, 1.807) is 76.2 Å². The minimum atomic E-state index is -4.18. The second-order valence-corrected chi connectivity index (χ2v) is 13.3. The van der Waals surface area contributed by atoms with Crippen LogP contribution in [0.4, 0.5) is 10.8 Å². The Balaban J connectivity index is 1.85. The average Bonchev–Trinajstić information content (AvgIpc) is 3.63. The van der Waals surface area contributed by atoms with E-state index in [0.29, 0.717) is 22.6 Å². The fourth-order valence-corrected chi connectivity index (χ4v) is 5.27. The van der Waals surface area contributed by atoms with Gasteiger partial charge < -0.3 is 14.6 Å². The number of hydrogen-bond donors (Lipinski definition) is 3. The molecular weight excluding hydrogens is 653 g/mol. The van der Waals surface area contributed by atoms with Crippen molar-refractivity contribution in [3.63, 3.8) is 0 Å². The van der Waals surface area contributed by atoms with Gasteiger partial charge in [0.2, 0.25) is 15.2 Å². The quantitative estimate of drug-likeness (QED) is 0.0683. The Morgan fingerprint density at radius 1 is 1.09 bits per heavy atom. The standard InChI is InChI=1S/C29H30N8O8S2/c1-6-44-25(40)20-22(24(39)31-27-34-35-28(46-27)47(30,42)43)36-37(23(20)17-11-8-7-9-12-17)19-14-10-13-18(15-19)32-33-21(16(2)38)26(41)45-29(3,4)5/h7-15,38H,6H2,1-5H3,(H2,30,42,43)(H,31,34,39). The van der Waals surface area contributed by atoms with Crippen molar-refractivity contribution in [2.75, 3.05) is 11.9 Å². The number of primary sulfonamides is 1. The van der Waals surface area contributed by atoms with Crippen LogP contribution in [0.1, 0.15) is 55.5 Å². The van der Waals surface area contributed by atoms with Crippen molar-refractivity contribution in [3.05, 3.63) is 77.3 Å². The fourth-order valence-electron chi connectivity index (χ4n) is 3.94. The molecule has 0 unspecified atom stereocenters. The summed E-state index contributed by atoms with van der Waals surface area (Å²) in [6.07, 6.45) is 0. The van der Waals surface area contributed by atoms with Gasteiger partial charge in [-0.15, -0.1) is 15.3 Å². The summed E-state index contributed by atoms with van der Waals surface area (Å²) in [5, 5.41) is 37.0. The molecule has 4 N–H and O–H groups in total. The van der Waals surface area contributed by atoms with Crippen molar-refractivity contribution in [3.8, 4) is 16.9 Å². The molecule has 0 saturated heterocycles. The van der Waals surface area contributed by atoms with Crippen LogP contribution >= 0.6 is 11.3 Å². The monoisotopic (exact) mass is 682 g/mol. The first-order chi connectivity index (χ1) is 22.1. The number of nitrogens with two attached hydrogens (primary N) is 1. The lowest BCUT2D eigenvalue weighted by Crippen LogP contribution is -2.24. The van der Waals surface area contributed by atoms with Gasteiger partial charge in [0.1, 0.15) is 16.9 Å². The summed E-state index contributed by atoms with van der Waals surface area (Å²) in [5.74, 6) is -3.05. The van der Waals surface area contributed by atoms with E-state index >= 15 is 0 Å². The third-order valence-electron chi connectivity index (χ3n) is 5.77. The molecule has 2 heterocycles. The summed E-state index contributed by atoms with van der Waals surface area (Å²) < 4.78 is 34.7. The van der Waals surface area contributed by atoms with Gasteiger partial charge in [0.15, 0.2) is 5.69 Å². The van der Waals surface area contributed by atoms with Crippen LogP contribution in [0.3, 0.4) is 0 Å². The summed E-state index contributed by atoms with van der Waals surface area (Å²) in [5.41, 5.74) is -0.590. The van der Waals surface area contributed by atoms with Crippen LogP contribution in [0.25, 0.3) is 16.9 Å². The van der Waals surface area contributed by atoms with Crippen molar-refractivity contribution in [2.24, 2.45) is 15.4 Å². The molecule has 0 bridgehead atoms. The second kappa shape index (κ2) is 14.0. The van der Waals surface area contributed by atoms with Crippen molar-refractivity contribution in [1.82, 2.24) is 20.0 Å². The van der Waals surface area contributed by atoms with Gasteiger partial charge in [0.25, 0.3) is 15.9 Å². The molecule has 0 atom stereocenters. The number of benzene rings is 2. The van der Waals surface area contributed by atoms with E-state index < -0.39 is 49.3 Å². The summed E-state index contributed by atoms with van der Waals surface area (Å²) in [6, 6.07) is 14.9. The van der Waals surface area contributed by atoms with Crippen LogP contribution in [-0.2, 0) is 24.3 Å². The van der Waals surface area contributed by atoms with E-state index in [2.05, 4.69) is 30.8 Å². The number of amides is 1. The van der Waals surface area contributed by atoms with Gasteiger partial charge in [0.05, 0.1) is 23.7 Å². The Labute approximate surface area is 273 Å². The molecule has 1 amide bonds. The number of sulfonamides is 1. The lowest BCUT2D eigenvalue weighted by molar-refractivity contribution is -0.150. The smallest absolute Gasteiger partial charge is 0.362 e. The Bertz CT molecular complexity index is 1990. The van der Waals surface area contributed by atoms with Crippen LogP contribution in [0.2, 0.25) is 0 Å². The summed E-state index contributed by atoms with van der Waals surface area (Å²) in [4.78, 5) is 39.5. The van der Waals surface area contributed by atoms with Gasteiger partial charge in [-0.25, -0.2) is 27.8 Å². The van der Waals surface area contributed by atoms with Gasteiger partial charge in [-0.3, -0.25) is 10.1 Å². The number of rotatable bonds is 10. The maximum atomic E-state index is 13.6. The first-order valence-electron chi connectivity index (χ1n) is 13.8. The van der Waals surface area contributed by atoms with E-state index in [1.165, 1.54) is 17.7 Å². The first kappa shape index (κ1) is 34.5. The largest absolute Gasteiger partial charge is 0.510 e. The summed E-state index contributed by atoms with van der Waals surface area (Å²) in [7, 11) is -4.18. The molecule has 0 fully saturated rings. The minimum Gasteiger partial charge on any atom is -0.510 e. The molecule has 0 aliphatic carbocycles. The maximum absolute atomic E-state index is 13.6. The van der Waals surface area contributed by atoms with Crippen molar-refractivity contribution < 1.29 is 37.4 Å². The Morgan fingerprint density at radius 2 is 1.79 bits per heavy atom. The second-order valence-electron chi connectivity index (χ2n) is 10.6. The first-order valence-corrected chi connectivity index (χ1v) is 16.1. The number of carbonyl (C=O) groups excluding carboxylic acids is 3. The normalized spacial score (nSPS) is 12.5.